The minimum atomic E-state index is -1.01. The molecule has 308 valence electrons. The standard InChI is InChI=1S/C43H48F2N10O4/c1-24-5-4-14-59-42-32(20-46-52(42)3)36-16-26(15-25(2)47-36)40(57)51-43-49-35-8-6-27(17-37(35)55(43)21-24)48-28-22-54(23-28)29-10-12-53(13-11-29)30-18-33(44)39(34(45)19-30)31-7-9-38(56)50-41(31)58/h6,8,15-20,24,28-29,31,48H,4-5,7,9-14,21-23H2,1-3H3,(H,49,51,57)(H,50,56,58)/t24-,31-/m1/s1. The van der Waals surface area contributed by atoms with Crippen molar-refractivity contribution in [2.24, 2.45) is 18.0 Å². The second-order valence-corrected chi connectivity index (χ2v) is 16.5. The average Bonchev–Trinajstić information content (AvgIpc) is 3.72. The summed E-state index contributed by atoms with van der Waals surface area (Å²) in [5.74, 6) is -2.58. The molecule has 9 rings (SSSR count). The molecular weight excluding hydrogens is 759 g/mol. The SMILES string of the molecule is Cc1cc2cc(n1)-c1cnn(C)c1OCCC[C@@H](C)CN1/C(=N/C2=O)Nc2ccc(NC3CN(C4CCN(c5cc(F)c([C@H]6CCC(=O)NC6=O)c(F)c5)CC4)C3)cc21. The highest BCUT2D eigenvalue weighted by atomic mass is 19.1. The molecule has 2 aromatic heterocycles. The van der Waals surface area contributed by atoms with E-state index in [4.69, 9.17) is 9.72 Å². The number of aromatic nitrogens is 3. The summed E-state index contributed by atoms with van der Waals surface area (Å²) in [7, 11) is 1.84. The molecule has 4 aromatic rings. The van der Waals surface area contributed by atoms with Crippen molar-refractivity contribution in [1.29, 1.82) is 0 Å². The molecule has 0 unspecified atom stereocenters. The van der Waals surface area contributed by atoms with Gasteiger partial charge in [-0.2, -0.15) is 10.1 Å². The minimum absolute atomic E-state index is 0.0558. The van der Waals surface area contributed by atoms with Crippen molar-refractivity contribution in [3.05, 3.63) is 77.1 Å². The predicted octanol–water partition coefficient (Wildman–Crippen LogP) is 5.59. The van der Waals surface area contributed by atoms with Crippen LogP contribution in [0.2, 0.25) is 0 Å². The molecular formula is C43H48F2N10O4. The van der Waals surface area contributed by atoms with Crippen molar-refractivity contribution in [3.63, 3.8) is 0 Å². The molecule has 2 aromatic carbocycles. The van der Waals surface area contributed by atoms with Crippen LogP contribution in [0, 0.1) is 24.5 Å². The molecule has 7 heterocycles. The van der Waals surface area contributed by atoms with Crippen LogP contribution in [0.3, 0.4) is 0 Å². The Kier molecular flexibility index (Phi) is 10.3. The van der Waals surface area contributed by atoms with Crippen LogP contribution >= 0.6 is 0 Å². The Balaban J connectivity index is 0.840. The fourth-order valence-electron chi connectivity index (χ4n) is 9.08. The number of benzene rings is 2. The van der Waals surface area contributed by atoms with Crippen LogP contribution in [0.4, 0.5) is 31.5 Å². The summed E-state index contributed by atoms with van der Waals surface area (Å²) >= 11 is 0. The molecule has 3 N–H and O–H groups in total. The third-order valence-corrected chi connectivity index (χ3v) is 12.2. The highest BCUT2D eigenvalue weighted by Crippen LogP contribution is 2.38. The molecule has 0 radical (unpaired) electrons. The smallest absolute Gasteiger partial charge is 0.280 e. The zero-order valence-corrected chi connectivity index (χ0v) is 33.4. The number of nitrogens with zero attached hydrogens (tertiary/aromatic N) is 7. The van der Waals surface area contributed by atoms with Gasteiger partial charge in [0.25, 0.3) is 5.91 Å². The maximum atomic E-state index is 15.2. The lowest BCUT2D eigenvalue weighted by molar-refractivity contribution is -0.134. The van der Waals surface area contributed by atoms with E-state index in [1.165, 1.54) is 12.1 Å². The topological polar surface area (TPSA) is 149 Å². The lowest BCUT2D eigenvalue weighted by Crippen LogP contribution is -2.60. The molecule has 5 aliphatic heterocycles. The average molecular weight is 807 g/mol. The molecule has 0 spiro atoms. The molecule has 0 saturated carbocycles. The lowest BCUT2D eigenvalue weighted by atomic mass is 9.89. The zero-order valence-electron chi connectivity index (χ0n) is 33.4. The Hall–Kier alpha value is -5.90. The fraction of sp³-hybridized carbons (Fsp3) is 0.442. The van der Waals surface area contributed by atoms with Crippen LogP contribution in [-0.4, -0.2) is 94.8 Å². The van der Waals surface area contributed by atoms with Crippen molar-refractivity contribution >= 4 is 46.4 Å². The Bertz CT molecular complexity index is 2330. The van der Waals surface area contributed by atoms with Crippen LogP contribution in [-0.2, 0) is 16.6 Å². The molecule has 2 atom stereocenters. The fourth-order valence-corrected chi connectivity index (χ4v) is 9.08. The number of hydrogen-bond acceptors (Lipinski definition) is 11. The Labute approximate surface area is 341 Å². The molecule has 0 aliphatic carbocycles. The number of ether oxygens (including phenoxy) is 1. The van der Waals surface area contributed by atoms with E-state index in [0.717, 1.165) is 61.4 Å². The number of carbonyl (C=O) groups excluding carboxylic acids is 3. The predicted molar refractivity (Wildman–Crippen MR) is 220 cm³/mol. The number of imide groups is 1. The maximum Gasteiger partial charge on any atom is 0.280 e. The summed E-state index contributed by atoms with van der Waals surface area (Å²) in [6.07, 6.45) is 5.34. The van der Waals surface area contributed by atoms with E-state index >= 15 is 8.78 Å². The summed E-state index contributed by atoms with van der Waals surface area (Å²) in [6, 6.07) is 13.0. The number of piperidine rings is 2. The van der Waals surface area contributed by atoms with Gasteiger partial charge in [0, 0.05) is 80.4 Å². The van der Waals surface area contributed by atoms with Gasteiger partial charge in [0.2, 0.25) is 23.7 Å². The lowest BCUT2D eigenvalue weighted by Gasteiger charge is -2.48. The Morgan fingerprint density at radius 2 is 1.71 bits per heavy atom. The van der Waals surface area contributed by atoms with Gasteiger partial charge in [0.1, 0.15) is 11.6 Å². The summed E-state index contributed by atoms with van der Waals surface area (Å²) in [6.45, 7) is 8.32. The number of aryl methyl sites for hydroxylation is 2. The number of rotatable bonds is 5. The Morgan fingerprint density at radius 1 is 0.932 bits per heavy atom. The van der Waals surface area contributed by atoms with E-state index in [1.54, 1.807) is 23.0 Å². The molecule has 14 nitrogen and oxygen atoms in total. The molecule has 59 heavy (non-hydrogen) atoms. The molecule has 2 bridgehead atoms. The van der Waals surface area contributed by atoms with Gasteiger partial charge in [-0.05, 0) is 87.4 Å². The third kappa shape index (κ3) is 7.73. The number of halogens is 2. The van der Waals surface area contributed by atoms with Crippen molar-refractivity contribution < 1.29 is 27.9 Å². The van der Waals surface area contributed by atoms with Crippen molar-refractivity contribution in [2.75, 3.05) is 59.8 Å². The van der Waals surface area contributed by atoms with E-state index in [2.05, 4.69) is 54.9 Å². The number of amides is 3. The number of pyridine rings is 1. The van der Waals surface area contributed by atoms with E-state index < -0.39 is 29.4 Å². The van der Waals surface area contributed by atoms with Crippen molar-refractivity contribution in [2.45, 2.75) is 70.4 Å². The van der Waals surface area contributed by atoms with E-state index in [0.29, 0.717) is 66.8 Å². The van der Waals surface area contributed by atoms with Crippen molar-refractivity contribution in [1.82, 2.24) is 25.0 Å². The van der Waals surface area contributed by atoms with E-state index in [-0.39, 0.29) is 36.3 Å². The second kappa shape index (κ2) is 15.7. The summed E-state index contributed by atoms with van der Waals surface area (Å²) < 4.78 is 38.4. The van der Waals surface area contributed by atoms with Crippen molar-refractivity contribution in [3.8, 4) is 17.1 Å². The first kappa shape index (κ1) is 38.6. The number of hydrogen-bond donors (Lipinski definition) is 3. The third-order valence-electron chi connectivity index (χ3n) is 12.2. The van der Waals surface area contributed by atoms with Gasteiger partial charge in [-0.15, -0.1) is 0 Å². The molecule has 3 amide bonds. The first-order chi connectivity index (χ1) is 28.5. The monoisotopic (exact) mass is 806 g/mol. The van der Waals surface area contributed by atoms with Gasteiger partial charge >= 0.3 is 0 Å². The van der Waals surface area contributed by atoms with Crippen LogP contribution in [0.5, 0.6) is 5.88 Å². The van der Waals surface area contributed by atoms with Crippen LogP contribution in [0.15, 0.2) is 53.7 Å². The maximum absolute atomic E-state index is 15.2. The normalized spacial score (nSPS) is 22.7. The van der Waals surface area contributed by atoms with E-state index in [9.17, 15) is 14.4 Å². The summed E-state index contributed by atoms with van der Waals surface area (Å²) in [5.41, 5.74) is 5.50. The largest absolute Gasteiger partial charge is 0.477 e. The zero-order chi connectivity index (χ0) is 40.9. The second-order valence-electron chi connectivity index (χ2n) is 16.5. The first-order valence-electron chi connectivity index (χ1n) is 20.5. The molecule has 3 fully saturated rings. The molecule has 5 aliphatic rings. The highest BCUT2D eigenvalue weighted by Gasteiger charge is 2.37. The Morgan fingerprint density at radius 3 is 2.47 bits per heavy atom. The van der Waals surface area contributed by atoms with Gasteiger partial charge in [0.15, 0.2) is 0 Å². The van der Waals surface area contributed by atoms with Crippen LogP contribution in [0.25, 0.3) is 11.3 Å². The summed E-state index contributed by atoms with van der Waals surface area (Å²) in [5, 5.41) is 13.7. The number of anilines is 4. The molecule has 16 heteroatoms. The van der Waals surface area contributed by atoms with Crippen LogP contribution in [0.1, 0.15) is 73.0 Å². The van der Waals surface area contributed by atoms with Crippen LogP contribution < -0.4 is 30.5 Å². The quantitative estimate of drug-likeness (QED) is 0.217. The number of aliphatic imine (C=N–C) groups is 1. The number of carbonyl (C=O) groups is 3. The highest BCUT2D eigenvalue weighted by molar-refractivity contribution is 6.19. The number of fused-ring (bicyclic) bond motifs is 7. The number of guanidine groups is 1. The van der Waals surface area contributed by atoms with Gasteiger partial charge in [-0.25, -0.2) is 13.5 Å². The first-order valence-corrected chi connectivity index (χ1v) is 20.5. The minimum Gasteiger partial charge on any atom is -0.477 e. The number of likely N-dealkylation sites (tertiary alicyclic amines) is 1. The number of nitrogens with one attached hydrogen (secondary N) is 3. The van der Waals surface area contributed by atoms with E-state index in [1.807, 2.05) is 24.9 Å². The van der Waals surface area contributed by atoms with Gasteiger partial charge < -0.3 is 25.2 Å². The molecule has 3 saturated heterocycles. The van der Waals surface area contributed by atoms with Gasteiger partial charge in [-0.3, -0.25) is 29.6 Å². The van der Waals surface area contributed by atoms with Gasteiger partial charge in [0.05, 0.1) is 47.4 Å². The summed E-state index contributed by atoms with van der Waals surface area (Å²) in [4.78, 5) is 53.5. The van der Waals surface area contributed by atoms with Gasteiger partial charge in [-0.1, -0.05) is 6.92 Å².